The maximum Gasteiger partial charge on any atom is 0.227 e. The van der Waals surface area contributed by atoms with Crippen LogP contribution < -0.4 is 9.64 Å². The molecule has 186 valence electrons. The van der Waals surface area contributed by atoms with Crippen LogP contribution in [0.25, 0.3) is 21.8 Å². The standard InChI is InChI=1S/C32H31N3O2/c1-2-23-11-4-7-16-28(23)35-22-25(21-31(35)36)32-33-27-15-6-8-17-29(27)34(32)19-10-20-37-30-18-9-13-24-12-3-5-14-26(24)30/h3-9,11-18,25H,2,10,19-22H2,1H3. The molecule has 1 atom stereocenters. The summed E-state index contributed by atoms with van der Waals surface area (Å²) in [7, 11) is 0. The van der Waals surface area contributed by atoms with E-state index in [1.54, 1.807) is 0 Å². The average molecular weight is 490 g/mol. The van der Waals surface area contributed by atoms with Gasteiger partial charge in [0.2, 0.25) is 5.91 Å². The van der Waals surface area contributed by atoms with E-state index in [4.69, 9.17) is 9.72 Å². The fourth-order valence-corrected chi connectivity index (χ4v) is 5.55. The van der Waals surface area contributed by atoms with Gasteiger partial charge in [-0.25, -0.2) is 4.98 Å². The molecule has 5 nitrogen and oxygen atoms in total. The molecule has 5 heteroatoms. The number of anilines is 1. The largest absolute Gasteiger partial charge is 0.493 e. The molecule has 2 heterocycles. The number of ether oxygens (including phenoxy) is 1. The number of rotatable bonds is 8. The van der Waals surface area contributed by atoms with Gasteiger partial charge in [-0.2, -0.15) is 0 Å². The van der Waals surface area contributed by atoms with E-state index >= 15 is 0 Å². The molecular weight excluding hydrogens is 458 g/mol. The van der Waals surface area contributed by atoms with Gasteiger partial charge in [-0.3, -0.25) is 4.79 Å². The summed E-state index contributed by atoms with van der Waals surface area (Å²) in [6, 6.07) is 31.0. The van der Waals surface area contributed by atoms with Gasteiger partial charge in [-0.15, -0.1) is 0 Å². The third kappa shape index (κ3) is 4.46. The molecule has 0 radical (unpaired) electrons. The molecule has 1 aromatic heterocycles. The Morgan fingerprint density at radius 2 is 1.70 bits per heavy atom. The Morgan fingerprint density at radius 3 is 2.62 bits per heavy atom. The van der Waals surface area contributed by atoms with E-state index < -0.39 is 0 Å². The third-order valence-electron chi connectivity index (χ3n) is 7.37. The number of fused-ring (bicyclic) bond motifs is 2. The fourth-order valence-electron chi connectivity index (χ4n) is 5.55. The maximum atomic E-state index is 13.1. The van der Waals surface area contributed by atoms with E-state index in [9.17, 15) is 4.79 Å². The van der Waals surface area contributed by atoms with Crippen molar-refractivity contribution in [3.63, 3.8) is 0 Å². The van der Waals surface area contributed by atoms with E-state index in [2.05, 4.69) is 60.0 Å². The molecule has 0 aliphatic carbocycles. The molecule has 1 saturated heterocycles. The van der Waals surface area contributed by atoms with Gasteiger partial charge in [-0.1, -0.05) is 73.7 Å². The summed E-state index contributed by atoms with van der Waals surface area (Å²) in [4.78, 5) is 20.1. The number of para-hydroxylation sites is 3. The number of imidazole rings is 1. The van der Waals surface area contributed by atoms with Crippen molar-refractivity contribution < 1.29 is 9.53 Å². The van der Waals surface area contributed by atoms with Crippen LogP contribution in [0.15, 0.2) is 91.0 Å². The van der Waals surface area contributed by atoms with Crippen molar-refractivity contribution in [2.24, 2.45) is 0 Å². The molecule has 0 N–H and O–H groups in total. The Hall–Kier alpha value is -4.12. The second-order valence-corrected chi connectivity index (χ2v) is 9.68. The molecule has 5 aromatic rings. The molecule has 0 bridgehead atoms. The van der Waals surface area contributed by atoms with Gasteiger partial charge in [0, 0.05) is 36.5 Å². The van der Waals surface area contributed by atoms with E-state index in [-0.39, 0.29) is 11.8 Å². The first kappa shape index (κ1) is 23.3. The molecule has 1 amide bonds. The highest BCUT2D eigenvalue weighted by atomic mass is 16.5. The average Bonchev–Trinajstić information content (AvgIpc) is 3.51. The number of aryl methyl sites for hydroxylation is 2. The summed E-state index contributed by atoms with van der Waals surface area (Å²) in [5, 5.41) is 2.32. The number of carbonyl (C=O) groups is 1. The molecule has 1 fully saturated rings. The van der Waals surface area contributed by atoms with Crippen LogP contribution in [0, 0.1) is 0 Å². The summed E-state index contributed by atoms with van der Waals surface area (Å²) in [6.45, 7) is 4.19. The minimum atomic E-state index is 0.0591. The Labute approximate surface area is 217 Å². The Bertz CT molecular complexity index is 1570. The van der Waals surface area contributed by atoms with Crippen LogP contribution in [-0.2, 0) is 17.8 Å². The summed E-state index contributed by atoms with van der Waals surface area (Å²) in [5.74, 6) is 2.14. The second kappa shape index (κ2) is 10.1. The number of carbonyl (C=O) groups excluding carboxylic acids is 1. The first-order valence-corrected chi connectivity index (χ1v) is 13.2. The lowest BCUT2D eigenvalue weighted by molar-refractivity contribution is -0.117. The Kier molecular flexibility index (Phi) is 6.35. The van der Waals surface area contributed by atoms with Crippen LogP contribution >= 0.6 is 0 Å². The van der Waals surface area contributed by atoms with Gasteiger partial charge >= 0.3 is 0 Å². The SMILES string of the molecule is CCc1ccccc1N1CC(c2nc3ccccc3n2CCCOc2cccc3ccccc23)CC1=O. The number of benzene rings is 4. The highest BCUT2D eigenvalue weighted by Crippen LogP contribution is 2.35. The number of hydrogen-bond acceptors (Lipinski definition) is 3. The lowest BCUT2D eigenvalue weighted by Crippen LogP contribution is -2.25. The monoisotopic (exact) mass is 489 g/mol. The second-order valence-electron chi connectivity index (χ2n) is 9.68. The third-order valence-corrected chi connectivity index (χ3v) is 7.37. The quantitative estimate of drug-likeness (QED) is 0.227. The molecular formula is C32H31N3O2. The number of nitrogens with zero attached hydrogens (tertiary/aromatic N) is 3. The van der Waals surface area contributed by atoms with Crippen LogP contribution in [0.5, 0.6) is 5.75 Å². The number of aromatic nitrogens is 2. The van der Waals surface area contributed by atoms with Crippen LogP contribution in [-0.4, -0.2) is 28.6 Å². The van der Waals surface area contributed by atoms with Crippen LogP contribution in [0.3, 0.4) is 0 Å². The zero-order valence-corrected chi connectivity index (χ0v) is 21.1. The van der Waals surface area contributed by atoms with Gasteiger partial charge in [0.25, 0.3) is 0 Å². The zero-order chi connectivity index (χ0) is 25.2. The molecule has 0 spiro atoms. The normalized spacial score (nSPS) is 15.6. The van der Waals surface area contributed by atoms with Crippen molar-refractivity contribution in [1.82, 2.24) is 9.55 Å². The van der Waals surface area contributed by atoms with E-state index in [1.807, 2.05) is 47.4 Å². The summed E-state index contributed by atoms with van der Waals surface area (Å²) in [6.07, 6.45) is 2.23. The molecule has 1 aliphatic rings. The summed E-state index contributed by atoms with van der Waals surface area (Å²) >= 11 is 0. The zero-order valence-electron chi connectivity index (χ0n) is 21.1. The van der Waals surface area contributed by atoms with E-state index in [1.165, 1.54) is 10.9 Å². The van der Waals surface area contributed by atoms with Gasteiger partial charge in [-0.05, 0) is 48.1 Å². The molecule has 0 saturated carbocycles. The minimum Gasteiger partial charge on any atom is -0.493 e. The highest BCUT2D eigenvalue weighted by Gasteiger charge is 2.35. The van der Waals surface area contributed by atoms with Crippen molar-refractivity contribution in [2.45, 2.75) is 38.6 Å². The van der Waals surface area contributed by atoms with Gasteiger partial charge in [0.15, 0.2) is 0 Å². The van der Waals surface area contributed by atoms with E-state index in [0.717, 1.165) is 53.1 Å². The van der Waals surface area contributed by atoms with Crippen molar-refractivity contribution in [1.29, 1.82) is 0 Å². The maximum absolute atomic E-state index is 13.1. The predicted molar refractivity (Wildman–Crippen MR) is 149 cm³/mol. The topological polar surface area (TPSA) is 47.4 Å². The fraction of sp³-hybridized carbons (Fsp3) is 0.250. The number of amides is 1. The minimum absolute atomic E-state index is 0.0591. The lowest BCUT2D eigenvalue weighted by atomic mass is 10.1. The molecule has 1 unspecified atom stereocenters. The summed E-state index contributed by atoms with van der Waals surface area (Å²) < 4.78 is 8.52. The van der Waals surface area contributed by atoms with Gasteiger partial charge in [0.1, 0.15) is 11.6 Å². The first-order valence-electron chi connectivity index (χ1n) is 13.2. The van der Waals surface area contributed by atoms with Crippen molar-refractivity contribution in [2.75, 3.05) is 18.1 Å². The van der Waals surface area contributed by atoms with Crippen molar-refractivity contribution >= 4 is 33.4 Å². The lowest BCUT2D eigenvalue weighted by Gasteiger charge is -2.20. The molecule has 4 aromatic carbocycles. The predicted octanol–water partition coefficient (Wildman–Crippen LogP) is 6.74. The van der Waals surface area contributed by atoms with Crippen LogP contribution in [0.1, 0.15) is 37.1 Å². The highest BCUT2D eigenvalue weighted by molar-refractivity contribution is 5.97. The Morgan fingerprint density at radius 1 is 0.919 bits per heavy atom. The number of hydrogen-bond donors (Lipinski definition) is 0. The van der Waals surface area contributed by atoms with Crippen LogP contribution in [0.2, 0.25) is 0 Å². The van der Waals surface area contributed by atoms with Gasteiger partial charge < -0.3 is 14.2 Å². The summed E-state index contributed by atoms with van der Waals surface area (Å²) in [5.41, 5.74) is 4.33. The molecule has 37 heavy (non-hydrogen) atoms. The molecule has 1 aliphatic heterocycles. The Balaban J connectivity index is 1.22. The van der Waals surface area contributed by atoms with Crippen molar-refractivity contribution in [3.05, 3.63) is 102 Å². The van der Waals surface area contributed by atoms with E-state index in [0.29, 0.717) is 19.6 Å². The smallest absolute Gasteiger partial charge is 0.227 e. The first-order chi connectivity index (χ1) is 18.2. The van der Waals surface area contributed by atoms with Crippen molar-refractivity contribution in [3.8, 4) is 5.75 Å². The van der Waals surface area contributed by atoms with Crippen LogP contribution in [0.4, 0.5) is 5.69 Å². The van der Waals surface area contributed by atoms with Gasteiger partial charge in [0.05, 0.1) is 17.6 Å². The molecule has 6 rings (SSSR count).